The number of morpholine rings is 1. The number of hydrogen-bond acceptors (Lipinski definition) is 6. The Morgan fingerprint density at radius 3 is 2.25 bits per heavy atom. The van der Waals surface area contributed by atoms with Gasteiger partial charge in [0.1, 0.15) is 5.60 Å². The lowest BCUT2D eigenvalue weighted by Gasteiger charge is -2.41. The number of carbonyl (C=O) groups is 2. The first-order valence-corrected chi connectivity index (χ1v) is 13.1. The predicted octanol–water partition coefficient (Wildman–Crippen LogP) is 3.37. The molecule has 1 saturated heterocycles. The van der Waals surface area contributed by atoms with Gasteiger partial charge in [-0.25, -0.2) is 4.79 Å². The van der Waals surface area contributed by atoms with Crippen molar-refractivity contribution in [2.75, 3.05) is 32.8 Å². The van der Waals surface area contributed by atoms with Crippen molar-refractivity contribution >= 4 is 12.0 Å². The molecule has 2 amide bonds. The fourth-order valence-electron chi connectivity index (χ4n) is 4.43. The second-order valence-electron chi connectivity index (χ2n) is 11.7. The van der Waals surface area contributed by atoms with E-state index in [-0.39, 0.29) is 23.8 Å². The van der Waals surface area contributed by atoms with Crippen molar-refractivity contribution in [2.45, 2.75) is 84.6 Å². The number of alkyl carbamates (subject to hydrolysis) is 1. The molecule has 3 atom stereocenters. The molecule has 0 spiro atoms. The number of rotatable bonds is 11. The van der Waals surface area contributed by atoms with E-state index in [1.54, 1.807) is 20.8 Å². The maximum Gasteiger partial charge on any atom is 0.407 e. The van der Waals surface area contributed by atoms with Crippen molar-refractivity contribution in [3.8, 4) is 0 Å². The zero-order valence-electron chi connectivity index (χ0n) is 23.2. The summed E-state index contributed by atoms with van der Waals surface area (Å²) in [6.07, 6.45) is -0.851. The highest BCUT2D eigenvalue weighted by Crippen LogP contribution is 2.22. The quantitative estimate of drug-likeness (QED) is 0.426. The molecule has 1 aromatic rings. The normalized spacial score (nSPS) is 17.8. The molecule has 1 heterocycles. The van der Waals surface area contributed by atoms with E-state index >= 15 is 0 Å². The van der Waals surface area contributed by atoms with E-state index in [4.69, 9.17) is 9.47 Å². The van der Waals surface area contributed by atoms with Crippen molar-refractivity contribution < 1.29 is 24.2 Å². The Morgan fingerprint density at radius 2 is 1.69 bits per heavy atom. The fraction of sp³-hybridized carbons (Fsp3) is 0.714. The Morgan fingerprint density at radius 1 is 1.08 bits per heavy atom. The third kappa shape index (κ3) is 10.1. The minimum atomic E-state index is -0.928. The van der Waals surface area contributed by atoms with Gasteiger partial charge >= 0.3 is 6.09 Å². The van der Waals surface area contributed by atoms with Crippen LogP contribution in [0, 0.1) is 11.8 Å². The van der Waals surface area contributed by atoms with Crippen LogP contribution in [0.5, 0.6) is 0 Å². The number of nitrogens with one attached hydrogen (secondary N) is 2. The Balaban J connectivity index is 2.07. The van der Waals surface area contributed by atoms with Crippen molar-refractivity contribution in [1.29, 1.82) is 0 Å². The maximum atomic E-state index is 13.3. The Hall–Kier alpha value is -2.16. The van der Waals surface area contributed by atoms with Gasteiger partial charge in [-0.2, -0.15) is 0 Å². The first-order valence-electron chi connectivity index (χ1n) is 13.1. The summed E-state index contributed by atoms with van der Waals surface area (Å²) in [5.74, 6) is -0.467. The third-order valence-corrected chi connectivity index (χ3v) is 6.66. The van der Waals surface area contributed by atoms with Gasteiger partial charge in [0, 0.05) is 31.1 Å². The molecule has 8 nitrogen and oxygen atoms in total. The molecule has 204 valence electrons. The monoisotopic (exact) mass is 505 g/mol. The predicted molar refractivity (Wildman–Crippen MR) is 142 cm³/mol. The SMILES string of the molecule is CC(C)[C@@H](C[C@H](O)[C@H](Cc1ccccc1)NC(=O)OC(C)(C)C)C(=O)NCC(C)(C)N1CCOCC1. The summed E-state index contributed by atoms with van der Waals surface area (Å²) in [5.41, 5.74) is 0.128. The average molecular weight is 506 g/mol. The number of carbonyl (C=O) groups excluding carboxylic acids is 2. The summed E-state index contributed by atoms with van der Waals surface area (Å²) in [6, 6.07) is 9.09. The lowest BCUT2D eigenvalue weighted by molar-refractivity contribution is -0.128. The van der Waals surface area contributed by atoms with Gasteiger partial charge in [-0.3, -0.25) is 9.69 Å². The Labute approximate surface area is 217 Å². The van der Waals surface area contributed by atoms with Crippen LogP contribution in [0.25, 0.3) is 0 Å². The van der Waals surface area contributed by atoms with Crippen LogP contribution in [0.15, 0.2) is 30.3 Å². The van der Waals surface area contributed by atoms with Crippen LogP contribution in [0.2, 0.25) is 0 Å². The molecule has 0 unspecified atom stereocenters. The van der Waals surface area contributed by atoms with E-state index in [1.165, 1.54) is 0 Å². The van der Waals surface area contributed by atoms with Crippen LogP contribution in [-0.2, 0) is 20.7 Å². The van der Waals surface area contributed by atoms with Crippen LogP contribution >= 0.6 is 0 Å². The topological polar surface area (TPSA) is 100 Å². The highest BCUT2D eigenvalue weighted by Gasteiger charge is 2.33. The smallest absolute Gasteiger partial charge is 0.407 e. The highest BCUT2D eigenvalue weighted by molar-refractivity contribution is 5.79. The molecule has 1 aliphatic heterocycles. The fourth-order valence-corrected chi connectivity index (χ4v) is 4.43. The standard InChI is InChI=1S/C28H47N3O5/c1-20(2)22(25(33)29-19-28(6,7)31-13-15-35-16-14-31)18-24(32)23(17-21-11-9-8-10-12-21)30-26(34)36-27(3,4)5/h8-12,20,22-24,32H,13-19H2,1-7H3,(H,29,33)(H,30,34)/t22-,23+,24+/m1/s1. The molecule has 0 radical (unpaired) electrons. The summed E-state index contributed by atoms with van der Waals surface area (Å²) >= 11 is 0. The molecule has 0 bridgehead atoms. The summed E-state index contributed by atoms with van der Waals surface area (Å²) in [6.45, 7) is 17.2. The summed E-state index contributed by atoms with van der Waals surface area (Å²) < 4.78 is 10.9. The molecule has 0 saturated carbocycles. The number of benzene rings is 1. The Bertz CT molecular complexity index is 816. The van der Waals surface area contributed by atoms with Crippen molar-refractivity contribution in [3.05, 3.63) is 35.9 Å². The van der Waals surface area contributed by atoms with Gasteiger partial charge < -0.3 is 25.2 Å². The first kappa shape index (κ1) is 30.1. The van der Waals surface area contributed by atoms with E-state index in [2.05, 4.69) is 29.4 Å². The second-order valence-corrected chi connectivity index (χ2v) is 11.7. The number of aliphatic hydroxyl groups excluding tert-OH is 1. The first-order chi connectivity index (χ1) is 16.8. The van der Waals surface area contributed by atoms with Crippen LogP contribution in [0.3, 0.4) is 0 Å². The molecule has 0 aromatic heterocycles. The average Bonchev–Trinajstić information content (AvgIpc) is 2.80. The van der Waals surface area contributed by atoms with Gasteiger partial charge in [0.25, 0.3) is 0 Å². The van der Waals surface area contributed by atoms with E-state index < -0.39 is 29.8 Å². The second kappa shape index (κ2) is 13.4. The van der Waals surface area contributed by atoms with Crippen LogP contribution in [0.1, 0.15) is 60.5 Å². The van der Waals surface area contributed by atoms with Gasteiger partial charge in [0.05, 0.1) is 25.4 Å². The van der Waals surface area contributed by atoms with Gasteiger partial charge in [-0.1, -0.05) is 44.2 Å². The summed E-state index contributed by atoms with van der Waals surface area (Å²) in [5, 5.41) is 17.2. The van der Waals surface area contributed by atoms with Gasteiger partial charge in [-0.15, -0.1) is 0 Å². The number of aliphatic hydroxyl groups is 1. The number of amides is 2. The van der Waals surface area contributed by atoms with Crippen LogP contribution in [-0.4, -0.2) is 78.1 Å². The molecule has 2 rings (SSSR count). The highest BCUT2D eigenvalue weighted by atomic mass is 16.6. The maximum absolute atomic E-state index is 13.3. The summed E-state index contributed by atoms with van der Waals surface area (Å²) in [4.78, 5) is 28.1. The molecule has 8 heteroatoms. The van der Waals surface area contributed by atoms with Crippen molar-refractivity contribution in [2.24, 2.45) is 11.8 Å². The molecule has 3 N–H and O–H groups in total. The minimum Gasteiger partial charge on any atom is -0.444 e. The lowest BCUT2D eigenvalue weighted by atomic mass is 9.85. The third-order valence-electron chi connectivity index (χ3n) is 6.66. The Kier molecular flexibility index (Phi) is 11.2. The molecule has 1 aromatic carbocycles. The van der Waals surface area contributed by atoms with Crippen LogP contribution < -0.4 is 10.6 Å². The molecule has 0 aliphatic carbocycles. The molecule has 1 fully saturated rings. The van der Waals surface area contributed by atoms with Gasteiger partial charge in [0.15, 0.2) is 0 Å². The largest absolute Gasteiger partial charge is 0.444 e. The molecule has 1 aliphatic rings. The van der Waals surface area contributed by atoms with E-state index in [1.807, 2.05) is 44.2 Å². The minimum absolute atomic E-state index is 0.0186. The van der Waals surface area contributed by atoms with Crippen molar-refractivity contribution in [3.63, 3.8) is 0 Å². The molecular weight excluding hydrogens is 458 g/mol. The number of ether oxygens (including phenoxy) is 2. The van der Waals surface area contributed by atoms with Crippen molar-refractivity contribution in [1.82, 2.24) is 15.5 Å². The molecular formula is C28H47N3O5. The van der Waals surface area contributed by atoms with Gasteiger partial charge in [0.2, 0.25) is 5.91 Å². The van der Waals surface area contributed by atoms with Crippen LogP contribution in [0.4, 0.5) is 4.79 Å². The van der Waals surface area contributed by atoms with E-state index in [0.29, 0.717) is 26.2 Å². The molecule has 36 heavy (non-hydrogen) atoms. The van der Waals surface area contributed by atoms with E-state index in [9.17, 15) is 14.7 Å². The number of nitrogens with zero attached hydrogens (tertiary/aromatic N) is 1. The number of hydrogen-bond donors (Lipinski definition) is 3. The zero-order valence-corrected chi connectivity index (χ0v) is 23.2. The zero-order chi connectivity index (χ0) is 26.9. The van der Waals surface area contributed by atoms with E-state index in [0.717, 1.165) is 18.7 Å². The summed E-state index contributed by atoms with van der Waals surface area (Å²) in [7, 11) is 0. The lowest BCUT2D eigenvalue weighted by Crippen LogP contribution is -2.56. The van der Waals surface area contributed by atoms with Gasteiger partial charge in [-0.05, 0) is 58.9 Å².